The number of nitro groups is 1. The van der Waals surface area contributed by atoms with Gasteiger partial charge < -0.3 is 0 Å². The van der Waals surface area contributed by atoms with E-state index in [9.17, 15) is 10.1 Å². The van der Waals surface area contributed by atoms with Gasteiger partial charge in [-0.3, -0.25) is 19.8 Å². The van der Waals surface area contributed by atoms with Crippen LogP contribution in [0.2, 0.25) is 0 Å². The molecule has 0 unspecified atom stereocenters. The summed E-state index contributed by atoms with van der Waals surface area (Å²) in [4.78, 5) is 10.5. The van der Waals surface area contributed by atoms with Crippen molar-refractivity contribution in [2.45, 2.75) is 26.8 Å². The lowest BCUT2D eigenvalue weighted by atomic mass is 10.1. The van der Waals surface area contributed by atoms with Crippen molar-refractivity contribution >= 4 is 17.9 Å². The van der Waals surface area contributed by atoms with Crippen LogP contribution in [0.15, 0.2) is 18.2 Å². The second kappa shape index (κ2) is 4.93. The third-order valence-electron chi connectivity index (χ3n) is 2.75. The molecule has 0 saturated carbocycles. The summed E-state index contributed by atoms with van der Waals surface area (Å²) >= 11 is 5.18. The van der Waals surface area contributed by atoms with Crippen molar-refractivity contribution in [2.24, 2.45) is 0 Å². The topological polar surface area (TPSA) is 76.8 Å². The minimum absolute atomic E-state index is 0.0548. The second-order valence-electron chi connectivity index (χ2n) is 4.63. The van der Waals surface area contributed by atoms with Crippen LogP contribution in [0.5, 0.6) is 0 Å². The molecule has 19 heavy (non-hydrogen) atoms. The second-order valence-corrected chi connectivity index (χ2v) is 5.02. The van der Waals surface area contributed by atoms with Crippen molar-refractivity contribution in [1.29, 1.82) is 0 Å². The summed E-state index contributed by atoms with van der Waals surface area (Å²) in [5.41, 5.74) is 1.56. The summed E-state index contributed by atoms with van der Waals surface area (Å²) in [5, 5.41) is 17.8. The Labute approximate surface area is 115 Å². The summed E-state index contributed by atoms with van der Waals surface area (Å²) in [7, 11) is 0. The Morgan fingerprint density at radius 2 is 2.11 bits per heavy atom. The Morgan fingerprint density at radius 3 is 2.68 bits per heavy atom. The number of nitrogens with one attached hydrogen (secondary N) is 1. The van der Waals surface area contributed by atoms with Crippen LogP contribution < -0.4 is 0 Å². The van der Waals surface area contributed by atoms with Gasteiger partial charge in [-0.05, 0) is 44.6 Å². The van der Waals surface area contributed by atoms with E-state index in [1.165, 1.54) is 12.1 Å². The lowest BCUT2D eigenvalue weighted by Gasteiger charge is -2.10. The van der Waals surface area contributed by atoms with Crippen LogP contribution in [0.3, 0.4) is 0 Å². The number of non-ortho nitro benzene ring substituents is 1. The minimum atomic E-state index is -0.405. The molecule has 0 aliphatic rings. The molecule has 0 radical (unpaired) electrons. The third-order valence-corrected chi connectivity index (χ3v) is 3.04. The van der Waals surface area contributed by atoms with Crippen LogP contribution in [0.4, 0.5) is 5.69 Å². The molecule has 0 aliphatic heterocycles. The molecule has 7 heteroatoms. The Bertz CT molecular complexity index is 687. The molecular weight excluding hydrogens is 264 g/mol. The van der Waals surface area contributed by atoms with Crippen LogP contribution in [0.25, 0.3) is 11.4 Å². The lowest BCUT2D eigenvalue weighted by Crippen LogP contribution is -2.03. The predicted molar refractivity (Wildman–Crippen MR) is 74.6 cm³/mol. The first-order valence-corrected chi connectivity index (χ1v) is 6.24. The third kappa shape index (κ3) is 2.55. The van der Waals surface area contributed by atoms with Crippen molar-refractivity contribution in [1.82, 2.24) is 14.8 Å². The molecule has 100 valence electrons. The van der Waals surface area contributed by atoms with Gasteiger partial charge in [-0.25, -0.2) is 0 Å². The highest BCUT2D eigenvalue weighted by molar-refractivity contribution is 7.71. The van der Waals surface area contributed by atoms with Gasteiger partial charge in [0.2, 0.25) is 0 Å². The van der Waals surface area contributed by atoms with Crippen molar-refractivity contribution < 1.29 is 4.92 Å². The summed E-state index contributed by atoms with van der Waals surface area (Å²) in [6.07, 6.45) is 0. The number of aromatic amines is 1. The Kier molecular flexibility index (Phi) is 3.48. The molecule has 0 atom stereocenters. The Hall–Kier alpha value is -2.02. The van der Waals surface area contributed by atoms with Gasteiger partial charge in [0.15, 0.2) is 10.6 Å². The van der Waals surface area contributed by atoms with E-state index in [1.54, 1.807) is 0 Å². The number of hydrogen-bond acceptors (Lipinski definition) is 4. The number of hydrogen-bond donors (Lipinski definition) is 1. The molecule has 0 aliphatic carbocycles. The van der Waals surface area contributed by atoms with Gasteiger partial charge in [0, 0.05) is 23.7 Å². The molecular formula is C12H14N4O2S. The summed E-state index contributed by atoms with van der Waals surface area (Å²) in [5.74, 6) is 0.617. The zero-order valence-electron chi connectivity index (χ0n) is 10.9. The maximum Gasteiger partial charge on any atom is 0.270 e. The normalized spacial score (nSPS) is 10.9. The average Bonchev–Trinajstić information content (AvgIpc) is 2.70. The van der Waals surface area contributed by atoms with E-state index in [2.05, 4.69) is 10.2 Å². The van der Waals surface area contributed by atoms with E-state index in [-0.39, 0.29) is 11.7 Å². The summed E-state index contributed by atoms with van der Waals surface area (Å²) in [6.45, 7) is 5.79. The molecule has 1 aromatic heterocycles. The Morgan fingerprint density at radius 1 is 1.42 bits per heavy atom. The van der Waals surface area contributed by atoms with Crippen LogP contribution in [-0.2, 0) is 0 Å². The zero-order valence-corrected chi connectivity index (χ0v) is 11.7. The number of benzene rings is 1. The van der Waals surface area contributed by atoms with Gasteiger partial charge in [0.1, 0.15) is 0 Å². The highest BCUT2D eigenvalue weighted by Crippen LogP contribution is 2.26. The number of aryl methyl sites for hydroxylation is 1. The minimum Gasteiger partial charge on any atom is -0.298 e. The first-order valence-electron chi connectivity index (χ1n) is 5.83. The molecule has 1 aromatic carbocycles. The molecule has 0 saturated heterocycles. The fourth-order valence-corrected chi connectivity index (χ4v) is 2.33. The first kappa shape index (κ1) is 13.4. The van der Waals surface area contributed by atoms with E-state index in [1.807, 2.05) is 31.4 Å². The lowest BCUT2D eigenvalue weighted by molar-refractivity contribution is -0.384. The smallest absolute Gasteiger partial charge is 0.270 e. The maximum atomic E-state index is 10.9. The standard InChI is InChI=1S/C12H14N4O2S/c1-7(2)15-11(13-14-12(15)19)9-4-8(3)5-10(6-9)16(17)18/h4-7H,1-3H3,(H,14,19). The van der Waals surface area contributed by atoms with Gasteiger partial charge in [-0.2, -0.15) is 5.10 Å². The number of nitro benzene ring substituents is 1. The highest BCUT2D eigenvalue weighted by Gasteiger charge is 2.15. The van der Waals surface area contributed by atoms with Crippen LogP contribution in [0.1, 0.15) is 25.5 Å². The van der Waals surface area contributed by atoms with Gasteiger partial charge in [0.05, 0.1) is 4.92 Å². The van der Waals surface area contributed by atoms with Crippen molar-refractivity contribution in [3.8, 4) is 11.4 Å². The highest BCUT2D eigenvalue weighted by atomic mass is 32.1. The van der Waals surface area contributed by atoms with E-state index in [4.69, 9.17) is 12.2 Å². The molecule has 0 fully saturated rings. The summed E-state index contributed by atoms with van der Waals surface area (Å²) < 4.78 is 2.35. The van der Waals surface area contributed by atoms with E-state index in [0.717, 1.165) is 5.56 Å². The molecule has 2 aromatic rings. The molecule has 1 heterocycles. The van der Waals surface area contributed by atoms with E-state index in [0.29, 0.717) is 16.2 Å². The van der Waals surface area contributed by atoms with Crippen molar-refractivity contribution in [3.05, 3.63) is 38.6 Å². The van der Waals surface area contributed by atoms with Crippen LogP contribution in [-0.4, -0.2) is 19.7 Å². The number of aromatic nitrogens is 3. The van der Waals surface area contributed by atoms with Gasteiger partial charge in [-0.1, -0.05) is 0 Å². The maximum absolute atomic E-state index is 10.9. The predicted octanol–water partition coefficient (Wildman–Crippen LogP) is 3.41. The van der Waals surface area contributed by atoms with Crippen LogP contribution in [0, 0.1) is 21.8 Å². The largest absolute Gasteiger partial charge is 0.298 e. The molecule has 1 N–H and O–H groups in total. The molecule has 0 bridgehead atoms. The Balaban J connectivity index is 2.66. The number of H-pyrrole nitrogens is 1. The quantitative estimate of drug-likeness (QED) is 0.530. The number of rotatable bonds is 3. The van der Waals surface area contributed by atoms with Crippen LogP contribution >= 0.6 is 12.2 Å². The zero-order chi connectivity index (χ0) is 14.2. The molecule has 6 nitrogen and oxygen atoms in total. The molecule has 0 amide bonds. The van der Waals surface area contributed by atoms with Crippen molar-refractivity contribution in [2.75, 3.05) is 0 Å². The molecule has 0 spiro atoms. The fourth-order valence-electron chi connectivity index (χ4n) is 1.98. The monoisotopic (exact) mass is 278 g/mol. The summed E-state index contributed by atoms with van der Waals surface area (Å²) in [6, 6.07) is 5.03. The van der Waals surface area contributed by atoms with Gasteiger partial charge in [-0.15, -0.1) is 0 Å². The first-order chi connectivity index (χ1) is 8.90. The number of nitrogens with zero attached hydrogens (tertiary/aromatic N) is 3. The fraction of sp³-hybridized carbons (Fsp3) is 0.333. The average molecular weight is 278 g/mol. The molecule has 2 rings (SSSR count). The van der Waals surface area contributed by atoms with E-state index >= 15 is 0 Å². The van der Waals surface area contributed by atoms with E-state index < -0.39 is 4.92 Å². The van der Waals surface area contributed by atoms with Gasteiger partial charge >= 0.3 is 0 Å². The van der Waals surface area contributed by atoms with Crippen molar-refractivity contribution in [3.63, 3.8) is 0 Å². The SMILES string of the molecule is Cc1cc(-c2n[nH]c(=S)n2C(C)C)cc([N+](=O)[O-])c1. The van der Waals surface area contributed by atoms with Gasteiger partial charge in [0.25, 0.3) is 5.69 Å².